The van der Waals surface area contributed by atoms with Crippen LogP contribution < -0.4 is 5.32 Å². The first-order valence-corrected chi connectivity index (χ1v) is 5.72. The predicted octanol–water partition coefficient (Wildman–Crippen LogP) is 2.44. The summed E-state index contributed by atoms with van der Waals surface area (Å²) in [7, 11) is 0. The van der Waals surface area contributed by atoms with E-state index in [1.165, 1.54) is 6.07 Å². The molecule has 0 radical (unpaired) electrons. The summed E-state index contributed by atoms with van der Waals surface area (Å²) in [5.74, 6) is 2.26. The predicted molar refractivity (Wildman–Crippen MR) is 69.0 cm³/mol. The number of carbonyl (C=O) groups is 1. The van der Waals surface area contributed by atoms with Crippen molar-refractivity contribution in [3.05, 3.63) is 28.5 Å². The van der Waals surface area contributed by atoms with Crippen molar-refractivity contribution in [2.75, 3.05) is 0 Å². The molecule has 0 saturated heterocycles. The highest BCUT2D eigenvalue weighted by Gasteiger charge is 2.18. The molecule has 0 unspecified atom stereocenters. The number of aromatic nitrogens is 1. The number of aryl methyl sites for hydroxylation is 1. The fourth-order valence-corrected chi connectivity index (χ4v) is 1.48. The van der Waals surface area contributed by atoms with Crippen molar-refractivity contribution in [3.8, 4) is 12.3 Å². The molecule has 0 saturated carbocycles. The Morgan fingerprint density at radius 1 is 1.59 bits per heavy atom. The van der Waals surface area contributed by atoms with E-state index in [0.29, 0.717) is 10.7 Å². The Morgan fingerprint density at radius 2 is 2.24 bits per heavy atom. The monoisotopic (exact) mass is 250 g/mol. The van der Waals surface area contributed by atoms with E-state index < -0.39 is 5.54 Å². The second-order valence-corrected chi connectivity index (χ2v) is 4.63. The van der Waals surface area contributed by atoms with Crippen LogP contribution in [0.15, 0.2) is 12.1 Å². The number of hydrogen-bond donors (Lipinski definition) is 1. The van der Waals surface area contributed by atoms with Crippen LogP contribution in [-0.2, 0) is 6.42 Å². The summed E-state index contributed by atoms with van der Waals surface area (Å²) in [6, 6.07) is 3.25. The van der Waals surface area contributed by atoms with Gasteiger partial charge < -0.3 is 5.32 Å². The summed E-state index contributed by atoms with van der Waals surface area (Å²) in [6.07, 6.45) is 6.04. The van der Waals surface area contributed by atoms with E-state index in [-0.39, 0.29) is 5.91 Å². The number of amides is 1. The highest BCUT2D eigenvalue weighted by molar-refractivity contribution is 6.29. The first kappa shape index (κ1) is 13.5. The molecule has 90 valence electrons. The average molecular weight is 251 g/mol. The topological polar surface area (TPSA) is 42.0 Å². The number of rotatable bonds is 3. The van der Waals surface area contributed by atoms with E-state index in [9.17, 15) is 4.79 Å². The number of halogens is 1. The maximum absolute atomic E-state index is 11.9. The van der Waals surface area contributed by atoms with Gasteiger partial charge >= 0.3 is 0 Å². The molecule has 1 aromatic rings. The Morgan fingerprint density at radius 3 is 2.76 bits per heavy atom. The van der Waals surface area contributed by atoms with Crippen molar-refractivity contribution in [3.63, 3.8) is 0 Å². The first-order chi connectivity index (χ1) is 7.88. The van der Waals surface area contributed by atoms with Gasteiger partial charge in [0, 0.05) is 11.3 Å². The van der Waals surface area contributed by atoms with Crippen LogP contribution in [0.2, 0.25) is 5.15 Å². The average Bonchev–Trinajstić information content (AvgIpc) is 2.27. The minimum absolute atomic E-state index is 0.244. The molecule has 0 fully saturated rings. The van der Waals surface area contributed by atoms with Gasteiger partial charge in [0.25, 0.3) is 5.91 Å². The van der Waals surface area contributed by atoms with Gasteiger partial charge in [0.05, 0.1) is 5.54 Å². The largest absolute Gasteiger partial charge is 0.336 e. The van der Waals surface area contributed by atoms with Crippen LogP contribution in [0.25, 0.3) is 0 Å². The molecule has 1 aromatic heterocycles. The normalized spacial score (nSPS) is 10.8. The van der Waals surface area contributed by atoms with E-state index in [2.05, 4.69) is 16.2 Å². The van der Waals surface area contributed by atoms with Crippen LogP contribution in [-0.4, -0.2) is 16.4 Å². The Balaban J connectivity index is 2.98. The van der Waals surface area contributed by atoms with Gasteiger partial charge in [-0.05, 0) is 32.4 Å². The molecule has 0 aliphatic carbocycles. The van der Waals surface area contributed by atoms with Gasteiger partial charge in [-0.3, -0.25) is 4.79 Å². The lowest BCUT2D eigenvalue weighted by atomic mass is 10.1. The van der Waals surface area contributed by atoms with Crippen LogP contribution in [0.3, 0.4) is 0 Å². The molecule has 0 aromatic carbocycles. The van der Waals surface area contributed by atoms with E-state index in [1.54, 1.807) is 19.9 Å². The lowest BCUT2D eigenvalue weighted by Gasteiger charge is -2.19. The molecule has 17 heavy (non-hydrogen) atoms. The van der Waals surface area contributed by atoms with Crippen LogP contribution in [0.1, 0.15) is 36.8 Å². The van der Waals surface area contributed by atoms with Gasteiger partial charge in [-0.25, -0.2) is 4.98 Å². The quantitative estimate of drug-likeness (QED) is 0.661. The highest BCUT2D eigenvalue weighted by atomic mass is 35.5. The number of hydrogen-bond acceptors (Lipinski definition) is 2. The smallest absolute Gasteiger partial charge is 0.252 e. The number of pyridine rings is 1. The Bertz CT molecular complexity index is 475. The zero-order valence-corrected chi connectivity index (χ0v) is 10.9. The van der Waals surface area contributed by atoms with Crippen LogP contribution in [0, 0.1) is 12.3 Å². The van der Waals surface area contributed by atoms with E-state index in [4.69, 9.17) is 18.0 Å². The molecule has 1 heterocycles. The molecule has 1 rings (SSSR count). The fraction of sp³-hybridized carbons (Fsp3) is 0.385. The van der Waals surface area contributed by atoms with E-state index in [1.807, 2.05) is 6.92 Å². The zero-order chi connectivity index (χ0) is 13.1. The van der Waals surface area contributed by atoms with Gasteiger partial charge in [-0.2, -0.15) is 0 Å². The Kier molecular flexibility index (Phi) is 4.14. The summed E-state index contributed by atoms with van der Waals surface area (Å²) >= 11 is 5.85. The molecule has 4 heteroatoms. The highest BCUT2D eigenvalue weighted by Crippen LogP contribution is 2.12. The van der Waals surface area contributed by atoms with Crippen molar-refractivity contribution < 1.29 is 4.79 Å². The fourth-order valence-electron chi connectivity index (χ4n) is 1.26. The molecule has 1 N–H and O–H groups in total. The molecular formula is C13H15ClN2O. The lowest BCUT2D eigenvalue weighted by Crippen LogP contribution is -2.42. The molecule has 0 aliphatic rings. The molecule has 3 nitrogen and oxygen atoms in total. The molecule has 0 aliphatic heterocycles. The van der Waals surface area contributed by atoms with Crippen LogP contribution in [0.4, 0.5) is 0 Å². The van der Waals surface area contributed by atoms with Crippen molar-refractivity contribution >= 4 is 17.5 Å². The summed E-state index contributed by atoms with van der Waals surface area (Å²) in [4.78, 5) is 16.0. The molecule has 0 spiro atoms. The van der Waals surface area contributed by atoms with Gasteiger partial charge in [-0.15, -0.1) is 6.42 Å². The van der Waals surface area contributed by atoms with Gasteiger partial charge in [0.15, 0.2) is 0 Å². The third kappa shape index (κ3) is 3.76. The van der Waals surface area contributed by atoms with E-state index >= 15 is 0 Å². The molecule has 0 atom stereocenters. The van der Waals surface area contributed by atoms with Crippen LogP contribution in [0.5, 0.6) is 0 Å². The molecule has 0 bridgehead atoms. The van der Waals surface area contributed by atoms with Gasteiger partial charge in [0.1, 0.15) is 5.15 Å². The van der Waals surface area contributed by atoms with Crippen molar-refractivity contribution in [1.29, 1.82) is 0 Å². The van der Waals surface area contributed by atoms with E-state index in [0.717, 1.165) is 12.1 Å². The minimum Gasteiger partial charge on any atom is -0.336 e. The summed E-state index contributed by atoms with van der Waals surface area (Å²) < 4.78 is 0. The number of nitrogens with one attached hydrogen (secondary N) is 1. The lowest BCUT2D eigenvalue weighted by molar-refractivity contribution is 0.0929. The van der Waals surface area contributed by atoms with Crippen molar-refractivity contribution in [1.82, 2.24) is 10.3 Å². The number of carbonyl (C=O) groups excluding carboxylic acids is 1. The Labute approximate surface area is 107 Å². The summed E-state index contributed by atoms with van der Waals surface area (Å²) in [5.41, 5.74) is 0.575. The maximum Gasteiger partial charge on any atom is 0.252 e. The second-order valence-electron chi connectivity index (χ2n) is 4.25. The number of nitrogens with zero attached hydrogens (tertiary/aromatic N) is 1. The molecule has 1 amide bonds. The number of terminal acetylenes is 1. The Hall–Kier alpha value is -1.53. The maximum atomic E-state index is 11.9. The summed E-state index contributed by atoms with van der Waals surface area (Å²) in [6.45, 7) is 5.47. The summed E-state index contributed by atoms with van der Waals surface area (Å²) in [5, 5.41) is 3.05. The minimum atomic E-state index is -0.681. The van der Waals surface area contributed by atoms with Gasteiger partial charge in [0.2, 0.25) is 0 Å². The molecular weight excluding hydrogens is 236 g/mol. The SMILES string of the molecule is C#CC(C)(C)NC(=O)c1cc(Cl)nc(CC)c1. The zero-order valence-electron chi connectivity index (χ0n) is 10.2. The van der Waals surface area contributed by atoms with Crippen LogP contribution >= 0.6 is 11.6 Å². The van der Waals surface area contributed by atoms with Gasteiger partial charge in [-0.1, -0.05) is 24.4 Å². The standard InChI is InChI=1S/C13H15ClN2O/c1-5-10-7-9(8-11(14)15-10)12(17)16-13(3,4)6-2/h2,7-8H,5H2,1,3-4H3,(H,16,17). The second kappa shape index (κ2) is 5.20. The first-order valence-electron chi connectivity index (χ1n) is 5.34. The van der Waals surface area contributed by atoms with Crippen molar-refractivity contribution in [2.45, 2.75) is 32.7 Å². The third-order valence-electron chi connectivity index (χ3n) is 2.26. The van der Waals surface area contributed by atoms with Crippen molar-refractivity contribution in [2.24, 2.45) is 0 Å². The third-order valence-corrected chi connectivity index (χ3v) is 2.45.